The molecule has 1 heterocycles. The molecule has 32 heavy (non-hydrogen) atoms. The second kappa shape index (κ2) is 9.49. The molecule has 0 aliphatic rings. The van der Waals surface area contributed by atoms with Crippen molar-refractivity contribution in [3.05, 3.63) is 60.7 Å². The molecule has 0 aliphatic heterocycles. The molecular formula is C22H22Br2ClNO6. The third kappa shape index (κ3) is 4.84. The number of halogens is 3. The topological polar surface area (TPSA) is 125 Å². The number of hydrogen-bond acceptors (Lipinski definition) is 4. The van der Waals surface area contributed by atoms with Crippen LogP contribution in [0.3, 0.4) is 0 Å². The van der Waals surface area contributed by atoms with Crippen molar-refractivity contribution in [3.8, 4) is 0 Å². The van der Waals surface area contributed by atoms with Gasteiger partial charge in [0.15, 0.2) is 0 Å². The van der Waals surface area contributed by atoms with E-state index in [0.717, 1.165) is 0 Å². The van der Waals surface area contributed by atoms with Crippen LogP contribution in [0.5, 0.6) is 0 Å². The molecular weight excluding hydrogens is 570 g/mol. The summed E-state index contributed by atoms with van der Waals surface area (Å²) in [6.07, 6.45) is 2.80. The smallest absolute Gasteiger partial charge is 0.337 e. The van der Waals surface area contributed by atoms with E-state index in [4.69, 9.17) is 11.6 Å². The molecule has 0 aliphatic carbocycles. The zero-order valence-electron chi connectivity index (χ0n) is 17.7. The Bertz CT molecular complexity index is 1100. The molecule has 10 heteroatoms. The number of benzene rings is 1. The van der Waals surface area contributed by atoms with Gasteiger partial charge < -0.3 is 15.3 Å². The van der Waals surface area contributed by atoms with E-state index in [1.807, 2.05) is 0 Å². The summed E-state index contributed by atoms with van der Waals surface area (Å²) in [5, 5.41) is 29.2. The second-order valence-corrected chi connectivity index (χ2v) is 10.6. The zero-order chi connectivity index (χ0) is 24.6. The first kappa shape index (κ1) is 26.3. The second-order valence-electron chi connectivity index (χ2n) is 8.43. The van der Waals surface area contributed by atoms with Crippen molar-refractivity contribution in [1.29, 1.82) is 0 Å². The number of carboxylic acid groups (broad SMARTS) is 3. The summed E-state index contributed by atoms with van der Waals surface area (Å²) in [4.78, 5) is 39.7. The fourth-order valence-corrected chi connectivity index (χ4v) is 5.35. The van der Waals surface area contributed by atoms with E-state index in [1.54, 1.807) is 33.8 Å². The molecule has 0 fully saturated rings. The van der Waals surface area contributed by atoms with Crippen molar-refractivity contribution < 1.29 is 29.7 Å². The molecule has 2 aromatic rings. The van der Waals surface area contributed by atoms with Crippen LogP contribution in [0, 0.1) is 11.3 Å². The molecule has 2 rings (SSSR count). The van der Waals surface area contributed by atoms with Crippen LogP contribution in [0.25, 0.3) is 0 Å². The molecule has 0 radical (unpaired) electrons. The molecule has 0 spiro atoms. The van der Waals surface area contributed by atoms with Crippen LogP contribution >= 0.6 is 43.5 Å². The van der Waals surface area contributed by atoms with Gasteiger partial charge in [-0.25, -0.2) is 9.59 Å². The Labute approximate surface area is 207 Å². The molecule has 1 aromatic heterocycles. The summed E-state index contributed by atoms with van der Waals surface area (Å²) in [6.45, 7) is 6.66. The lowest BCUT2D eigenvalue weighted by Crippen LogP contribution is -2.38. The lowest BCUT2D eigenvalue weighted by Gasteiger charge is -2.39. The summed E-state index contributed by atoms with van der Waals surface area (Å²) in [5.41, 5.74) is -1.92. The van der Waals surface area contributed by atoms with Crippen LogP contribution in [0.4, 0.5) is 0 Å². The predicted molar refractivity (Wildman–Crippen MR) is 127 cm³/mol. The van der Waals surface area contributed by atoms with E-state index in [0.29, 0.717) is 20.1 Å². The maximum absolute atomic E-state index is 12.1. The molecule has 0 amide bonds. The summed E-state index contributed by atoms with van der Waals surface area (Å²) < 4.78 is 0.820. The normalized spacial score (nSPS) is 14.5. The van der Waals surface area contributed by atoms with Crippen molar-refractivity contribution in [2.75, 3.05) is 0 Å². The van der Waals surface area contributed by atoms with Crippen LogP contribution in [0.15, 0.2) is 33.5 Å². The highest BCUT2D eigenvalue weighted by molar-refractivity contribution is 9.10. The standard InChI is InChI=1S/C22H22Br2ClNO6/c1-10(21(2,3)20(31)32)7-22(4,16-13(19(29)30)8-26-9-15(16)24)14-6-11(23)5-12(17(14)25)18(27)28/h5-6,8-10H,7H2,1-4H3,(H,27,28)(H,29,30)(H,31,32). The van der Waals surface area contributed by atoms with Crippen LogP contribution in [-0.2, 0) is 10.2 Å². The lowest BCUT2D eigenvalue weighted by atomic mass is 9.64. The average molecular weight is 592 g/mol. The molecule has 172 valence electrons. The van der Waals surface area contributed by atoms with Crippen molar-refractivity contribution in [2.45, 2.75) is 39.5 Å². The third-order valence-corrected chi connectivity index (χ3v) is 7.51. The molecule has 7 nitrogen and oxygen atoms in total. The van der Waals surface area contributed by atoms with Gasteiger partial charge in [-0.1, -0.05) is 41.4 Å². The fourth-order valence-electron chi connectivity index (χ4n) is 3.73. The Morgan fingerprint density at radius 2 is 1.59 bits per heavy atom. The Balaban J connectivity index is 2.96. The largest absolute Gasteiger partial charge is 0.481 e. The van der Waals surface area contributed by atoms with Crippen LogP contribution in [0.2, 0.25) is 5.02 Å². The Hall–Kier alpha value is -1.97. The Kier molecular flexibility index (Phi) is 7.79. The Morgan fingerprint density at radius 3 is 2.09 bits per heavy atom. The number of rotatable bonds is 8. The minimum absolute atomic E-state index is 0.0522. The first-order chi connectivity index (χ1) is 14.6. The van der Waals surface area contributed by atoms with E-state index in [1.165, 1.54) is 18.5 Å². The number of aliphatic carboxylic acids is 1. The number of aromatic nitrogens is 1. The van der Waals surface area contributed by atoms with Gasteiger partial charge in [-0.15, -0.1) is 0 Å². The number of carboxylic acids is 3. The zero-order valence-corrected chi connectivity index (χ0v) is 21.7. The first-order valence-corrected chi connectivity index (χ1v) is 11.4. The first-order valence-electron chi connectivity index (χ1n) is 9.48. The van der Waals surface area contributed by atoms with Gasteiger partial charge in [0, 0.05) is 26.8 Å². The van der Waals surface area contributed by atoms with Gasteiger partial charge in [0.2, 0.25) is 0 Å². The molecule has 0 bridgehead atoms. The molecule has 2 atom stereocenters. The van der Waals surface area contributed by atoms with Crippen molar-refractivity contribution >= 4 is 61.4 Å². The van der Waals surface area contributed by atoms with Gasteiger partial charge in [0.25, 0.3) is 0 Å². The van der Waals surface area contributed by atoms with E-state index in [-0.39, 0.29) is 22.6 Å². The monoisotopic (exact) mass is 589 g/mol. The summed E-state index contributed by atoms with van der Waals surface area (Å²) in [6, 6.07) is 2.99. The fraction of sp³-hybridized carbons (Fsp3) is 0.364. The minimum Gasteiger partial charge on any atom is -0.481 e. The van der Waals surface area contributed by atoms with Crippen molar-refractivity contribution in [2.24, 2.45) is 11.3 Å². The third-order valence-electron chi connectivity index (χ3n) is 6.04. The molecule has 3 N–H and O–H groups in total. The van der Waals surface area contributed by atoms with E-state index >= 15 is 0 Å². The highest BCUT2D eigenvalue weighted by Gasteiger charge is 2.44. The van der Waals surface area contributed by atoms with Gasteiger partial charge in [-0.3, -0.25) is 9.78 Å². The number of hydrogen-bond donors (Lipinski definition) is 3. The van der Waals surface area contributed by atoms with E-state index in [2.05, 4.69) is 36.8 Å². The molecule has 2 unspecified atom stereocenters. The lowest BCUT2D eigenvalue weighted by molar-refractivity contribution is -0.150. The molecule has 0 saturated heterocycles. The van der Waals surface area contributed by atoms with E-state index < -0.39 is 34.7 Å². The van der Waals surface area contributed by atoms with Crippen molar-refractivity contribution in [3.63, 3.8) is 0 Å². The van der Waals surface area contributed by atoms with Crippen LogP contribution in [0.1, 0.15) is 66.0 Å². The quantitative estimate of drug-likeness (QED) is 0.339. The van der Waals surface area contributed by atoms with Gasteiger partial charge in [-0.05, 0) is 65.4 Å². The predicted octanol–water partition coefficient (Wildman–Crippen LogP) is 6.10. The van der Waals surface area contributed by atoms with Crippen LogP contribution < -0.4 is 0 Å². The highest BCUT2D eigenvalue weighted by atomic mass is 79.9. The van der Waals surface area contributed by atoms with Gasteiger partial charge in [-0.2, -0.15) is 0 Å². The highest BCUT2D eigenvalue weighted by Crippen LogP contribution is 2.49. The van der Waals surface area contributed by atoms with Gasteiger partial charge in [0.1, 0.15) is 0 Å². The van der Waals surface area contributed by atoms with Crippen molar-refractivity contribution in [1.82, 2.24) is 4.98 Å². The maximum atomic E-state index is 12.1. The van der Waals surface area contributed by atoms with Gasteiger partial charge >= 0.3 is 17.9 Å². The molecule has 0 saturated carbocycles. The van der Waals surface area contributed by atoms with Crippen LogP contribution in [-0.4, -0.2) is 38.2 Å². The minimum atomic E-state index is -1.24. The molecule has 1 aromatic carbocycles. The summed E-state index contributed by atoms with van der Waals surface area (Å²) in [5.74, 6) is -3.94. The number of nitrogens with zero attached hydrogens (tertiary/aromatic N) is 1. The Morgan fingerprint density at radius 1 is 1.03 bits per heavy atom. The SMILES string of the molecule is CC(CC(C)(c1cc(Br)cc(C(=O)O)c1Cl)c1c(Br)cncc1C(=O)O)C(C)(C)C(=O)O. The van der Waals surface area contributed by atoms with Gasteiger partial charge in [0.05, 0.1) is 21.6 Å². The summed E-state index contributed by atoms with van der Waals surface area (Å²) >= 11 is 13.3. The summed E-state index contributed by atoms with van der Waals surface area (Å²) in [7, 11) is 0. The van der Waals surface area contributed by atoms with E-state index in [9.17, 15) is 29.7 Å². The average Bonchev–Trinajstić information content (AvgIpc) is 2.68. The maximum Gasteiger partial charge on any atom is 0.337 e. The number of aromatic carboxylic acids is 2. The number of pyridine rings is 1. The number of carbonyl (C=O) groups is 3.